The highest BCUT2D eigenvalue weighted by atomic mass is 19.1. The fourth-order valence-electron chi connectivity index (χ4n) is 2.27. The second-order valence-electron chi connectivity index (χ2n) is 4.42. The van der Waals surface area contributed by atoms with Crippen LogP contribution < -0.4 is 4.90 Å². The van der Waals surface area contributed by atoms with Crippen molar-refractivity contribution in [3.8, 4) is 0 Å². The van der Waals surface area contributed by atoms with Crippen molar-refractivity contribution in [2.24, 2.45) is 0 Å². The average Bonchev–Trinajstić information content (AvgIpc) is 2.23. The van der Waals surface area contributed by atoms with Gasteiger partial charge in [-0.1, -0.05) is 6.07 Å². The van der Waals surface area contributed by atoms with Gasteiger partial charge in [-0.25, -0.2) is 4.39 Å². The normalized spacial score (nSPS) is 21.3. The number of anilines is 1. The molecule has 1 unspecified atom stereocenters. The average molecular weight is 221 g/mol. The number of nitrogens with zero attached hydrogens (tertiary/aromatic N) is 1. The lowest BCUT2D eigenvalue weighted by Gasteiger charge is -2.35. The summed E-state index contributed by atoms with van der Waals surface area (Å²) in [7, 11) is 0. The first-order chi connectivity index (χ1) is 7.59. The summed E-state index contributed by atoms with van der Waals surface area (Å²) in [6, 6.07) is 5.28. The van der Waals surface area contributed by atoms with Crippen LogP contribution in [-0.2, 0) is 4.79 Å². The Kier molecular flexibility index (Phi) is 2.95. The van der Waals surface area contributed by atoms with E-state index in [0.717, 1.165) is 5.69 Å². The number of carbonyl (C=O) groups excluding carboxylic acids is 1. The number of benzene rings is 1. The summed E-state index contributed by atoms with van der Waals surface area (Å²) in [4.78, 5) is 13.4. The zero-order valence-corrected chi connectivity index (χ0v) is 9.66. The lowest BCUT2D eigenvalue weighted by atomic mass is 10.00. The molecule has 1 saturated heterocycles. The van der Waals surface area contributed by atoms with Crippen LogP contribution in [0.25, 0.3) is 0 Å². The first-order valence-electron chi connectivity index (χ1n) is 5.63. The molecule has 1 aromatic rings. The Morgan fingerprint density at radius 2 is 2.19 bits per heavy atom. The predicted octanol–water partition coefficient (Wildman–Crippen LogP) is 2.69. The van der Waals surface area contributed by atoms with Crippen molar-refractivity contribution >= 4 is 11.5 Å². The predicted molar refractivity (Wildman–Crippen MR) is 62.2 cm³/mol. The Balaban J connectivity index is 2.30. The molecule has 0 aromatic heterocycles. The van der Waals surface area contributed by atoms with Gasteiger partial charge in [0, 0.05) is 36.7 Å². The smallest absolute Gasteiger partial charge is 0.136 e. The monoisotopic (exact) mass is 221 g/mol. The van der Waals surface area contributed by atoms with Gasteiger partial charge in [-0.2, -0.15) is 0 Å². The van der Waals surface area contributed by atoms with Crippen LogP contribution >= 0.6 is 0 Å². The molecule has 0 N–H and O–H groups in total. The van der Waals surface area contributed by atoms with E-state index in [0.29, 0.717) is 30.7 Å². The maximum atomic E-state index is 13.4. The third kappa shape index (κ3) is 1.94. The van der Waals surface area contributed by atoms with Gasteiger partial charge in [-0.05, 0) is 26.0 Å². The fraction of sp³-hybridized carbons (Fsp3) is 0.462. The van der Waals surface area contributed by atoms with Gasteiger partial charge in [0.05, 0.1) is 0 Å². The molecule has 0 spiro atoms. The lowest BCUT2D eigenvalue weighted by Crippen LogP contribution is -2.41. The summed E-state index contributed by atoms with van der Waals surface area (Å²) < 4.78 is 13.4. The van der Waals surface area contributed by atoms with Crippen molar-refractivity contribution in [3.05, 3.63) is 29.6 Å². The van der Waals surface area contributed by atoms with E-state index in [1.54, 1.807) is 13.0 Å². The Morgan fingerprint density at radius 3 is 2.88 bits per heavy atom. The highest BCUT2D eigenvalue weighted by Crippen LogP contribution is 2.27. The van der Waals surface area contributed by atoms with Gasteiger partial charge in [0.1, 0.15) is 11.6 Å². The minimum Gasteiger partial charge on any atom is -0.368 e. The molecule has 1 fully saturated rings. The van der Waals surface area contributed by atoms with Crippen molar-refractivity contribution in [1.82, 2.24) is 0 Å². The van der Waals surface area contributed by atoms with Gasteiger partial charge in [-0.3, -0.25) is 4.79 Å². The third-order valence-corrected chi connectivity index (χ3v) is 3.24. The first kappa shape index (κ1) is 11.1. The molecule has 1 aliphatic rings. The van der Waals surface area contributed by atoms with Gasteiger partial charge >= 0.3 is 0 Å². The van der Waals surface area contributed by atoms with Crippen LogP contribution in [0.5, 0.6) is 0 Å². The molecule has 2 nitrogen and oxygen atoms in total. The topological polar surface area (TPSA) is 20.3 Å². The van der Waals surface area contributed by atoms with Crippen molar-refractivity contribution in [3.63, 3.8) is 0 Å². The number of hydrogen-bond acceptors (Lipinski definition) is 2. The highest BCUT2D eigenvalue weighted by molar-refractivity contribution is 5.81. The number of piperidine rings is 1. The van der Waals surface area contributed by atoms with E-state index < -0.39 is 0 Å². The molecule has 0 amide bonds. The quantitative estimate of drug-likeness (QED) is 0.726. The number of rotatable bonds is 1. The van der Waals surface area contributed by atoms with E-state index in [-0.39, 0.29) is 11.9 Å². The van der Waals surface area contributed by atoms with Crippen molar-refractivity contribution in [2.45, 2.75) is 32.7 Å². The van der Waals surface area contributed by atoms with E-state index in [1.807, 2.05) is 13.0 Å². The van der Waals surface area contributed by atoms with Crippen LogP contribution in [-0.4, -0.2) is 18.4 Å². The number of Topliss-reactive ketones (excluding diaryl/α,β-unsaturated/α-hetero) is 1. The minimum absolute atomic E-state index is 0.168. The molecule has 1 aliphatic heterocycles. The van der Waals surface area contributed by atoms with Crippen molar-refractivity contribution in [2.75, 3.05) is 11.4 Å². The lowest BCUT2D eigenvalue weighted by molar-refractivity contribution is -0.120. The molecule has 1 aromatic carbocycles. The first-order valence-corrected chi connectivity index (χ1v) is 5.63. The highest BCUT2D eigenvalue weighted by Gasteiger charge is 2.24. The largest absolute Gasteiger partial charge is 0.368 e. The third-order valence-electron chi connectivity index (χ3n) is 3.24. The second kappa shape index (κ2) is 4.24. The summed E-state index contributed by atoms with van der Waals surface area (Å²) in [6.07, 6.45) is 1.14. The summed E-state index contributed by atoms with van der Waals surface area (Å²) in [5.41, 5.74) is 1.59. The Morgan fingerprint density at radius 1 is 1.44 bits per heavy atom. The van der Waals surface area contributed by atoms with Crippen LogP contribution in [0.1, 0.15) is 25.3 Å². The van der Waals surface area contributed by atoms with Gasteiger partial charge in [0.25, 0.3) is 0 Å². The molecular formula is C13H16FNO. The molecule has 1 heterocycles. The van der Waals surface area contributed by atoms with Gasteiger partial charge in [0.15, 0.2) is 0 Å². The van der Waals surface area contributed by atoms with E-state index >= 15 is 0 Å². The summed E-state index contributed by atoms with van der Waals surface area (Å²) in [5.74, 6) is 0.124. The number of halogens is 1. The standard InChI is InChI=1S/C13H16FNO/c1-9-8-11(16)6-7-15(9)13-5-3-4-12(14)10(13)2/h3-5,9H,6-8H2,1-2H3. The molecule has 0 aliphatic carbocycles. The number of hydrogen-bond donors (Lipinski definition) is 0. The fourth-order valence-corrected chi connectivity index (χ4v) is 2.27. The maximum Gasteiger partial charge on any atom is 0.136 e. The number of carbonyl (C=O) groups is 1. The second-order valence-corrected chi connectivity index (χ2v) is 4.42. The molecule has 16 heavy (non-hydrogen) atoms. The maximum absolute atomic E-state index is 13.4. The number of ketones is 1. The van der Waals surface area contributed by atoms with Gasteiger partial charge < -0.3 is 4.90 Å². The van der Waals surface area contributed by atoms with Crippen LogP contribution in [0, 0.1) is 12.7 Å². The van der Waals surface area contributed by atoms with Gasteiger partial charge in [0.2, 0.25) is 0 Å². The molecule has 3 heteroatoms. The Hall–Kier alpha value is -1.38. The van der Waals surface area contributed by atoms with E-state index in [9.17, 15) is 9.18 Å². The molecule has 0 radical (unpaired) electrons. The molecule has 0 saturated carbocycles. The molecule has 0 bridgehead atoms. The molecular weight excluding hydrogens is 205 g/mol. The minimum atomic E-state index is -0.179. The zero-order valence-electron chi connectivity index (χ0n) is 9.66. The summed E-state index contributed by atoms with van der Waals surface area (Å²) >= 11 is 0. The van der Waals surface area contributed by atoms with Crippen molar-refractivity contribution in [1.29, 1.82) is 0 Å². The van der Waals surface area contributed by atoms with Gasteiger partial charge in [-0.15, -0.1) is 0 Å². The van der Waals surface area contributed by atoms with E-state index in [4.69, 9.17) is 0 Å². The molecule has 86 valence electrons. The zero-order chi connectivity index (χ0) is 11.7. The van der Waals surface area contributed by atoms with Crippen LogP contribution in [0.3, 0.4) is 0 Å². The van der Waals surface area contributed by atoms with Crippen LogP contribution in [0.4, 0.5) is 10.1 Å². The van der Waals surface area contributed by atoms with Crippen LogP contribution in [0.15, 0.2) is 18.2 Å². The van der Waals surface area contributed by atoms with E-state index in [2.05, 4.69) is 4.90 Å². The molecule has 1 atom stereocenters. The van der Waals surface area contributed by atoms with Crippen molar-refractivity contribution < 1.29 is 9.18 Å². The molecule has 2 rings (SSSR count). The summed E-state index contributed by atoms with van der Waals surface area (Å²) in [5, 5.41) is 0. The SMILES string of the molecule is Cc1c(F)cccc1N1CCC(=O)CC1C. The van der Waals surface area contributed by atoms with E-state index in [1.165, 1.54) is 6.07 Å². The Bertz CT molecular complexity index is 416. The Labute approximate surface area is 95.1 Å². The summed E-state index contributed by atoms with van der Waals surface area (Å²) in [6.45, 7) is 4.50. The van der Waals surface area contributed by atoms with Crippen LogP contribution in [0.2, 0.25) is 0 Å².